The molecular formula is C15H17N3O6. The highest BCUT2D eigenvalue weighted by Crippen LogP contribution is 2.16. The van der Waals surface area contributed by atoms with Crippen molar-refractivity contribution in [1.29, 1.82) is 0 Å². The van der Waals surface area contributed by atoms with Crippen molar-refractivity contribution >= 4 is 29.1 Å². The number of nitrogens with zero attached hydrogens (tertiary/aromatic N) is 1. The van der Waals surface area contributed by atoms with Gasteiger partial charge in [0.2, 0.25) is 5.78 Å². The maximum absolute atomic E-state index is 11.8. The van der Waals surface area contributed by atoms with Gasteiger partial charge in [-0.15, -0.1) is 0 Å². The largest absolute Gasteiger partial charge is 0.306 e. The molecule has 0 fully saturated rings. The fourth-order valence-corrected chi connectivity index (χ4v) is 1.48. The summed E-state index contributed by atoms with van der Waals surface area (Å²) in [4.78, 5) is 56.5. The van der Waals surface area contributed by atoms with Gasteiger partial charge in [-0.05, 0) is 12.1 Å². The molecule has 0 atom stereocenters. The molecule has 0 aromatic heterocycles. The highest BCUT2D eigenvalue weighted by molar-refractivity contribution is 6.39. The van der Waals surface area contributed by atoms with E-state index in [1.54, 1.807) is 20.8 Å². The third-order valence-electron chi connectivity index (χ3n) is 3.04. The Labute approximate surface area is 137 Å². The van der Waals surface area contributed by atoms with Gasteiger partial charge in [-0.2, -0.15) is 0 Å². The van der Waals surface area contributed by atoms with Gasteiger partial charge in [-0.3, -0.25) is 40.1 Å². The molecule has 1 aromatic carbocycles. The van der Waals surface area contributed by atoms with Crippen LogP contribution >= 0.6 is 0 Å². The van der Waals surface area contributed by atoms with Crippen LogP contribution in [0.3, 0.4) is 0 Å². The van der Waals surface area contributed by atoms with E-state index in [0.717, 1.165) is 12.1 Å². The number of amides is 2. The topological polar surface area (TPSA) is 135 Å². The van der Waals surface area contributed by atoms with Gasteiger partial charge in [0.05, 0.1) is 11.3 Å². The average molecular weight is 335 g/mol. The molecule has 2 amide bonds. The zero-order valence-electron chi connectivity index (χ0n) is 13.4. The standard InChI is InChI=1S/C15H17N3O6/c1-15(2,3)12(20)8-11(19)14(22)17-16-13(21)9-4-6-10(7-5-9)18(23)24/h4-7H,8H2,1-3H3,(H,16,21)(H,17,22). The maximum Gasteiger partial charge on any atom is 0.306 e. The van der Waals surface area contributed by atoms with Gasteiger partial charge in [0.25, 0.3) is 11.6 Å². The van der Waals surface area contributed by atoms with Gasteiger partial charge < -0.3 is 0 Å². The molecule has 0 unspecified atom stereocenters. The first-order chi connectivity index (χ1) is 11.0. The van der Waals surface area contributed by atoms with Crippen LogP contribution in [-0.2, 0) is 14.4 Å². The van der Waals surface area contributed by atoms with Crippen molar-refractivity contribution in [2.24, 2.45) is 5.41 Å². The molecule has 0 aliphatic heterocycles. The van der Waals surface area contributed by atoms with E-state index < -0.39 is 40.1 Å². The molecular weight excluding hydrogens is 318 g/mol. The van der Waals surface area contributed by atoms with E-state index in [1.807, 2.05) is 10.9 Å². The number of ketones is 2. The highest BCUT2D eigenvalue weighted by atomic mass is 16.6. The Morgan fingerprint density at radius 3 is 2.04 bits per heavy atom. The minimum absolute atomic E-state index is 0.0547. The summed E-state index contributed by atoms with van der Waals surface area (Å²) < 4.78 is 0. The number of carbonyl (C=O) groups excluding carboxylic acids is 4. The molecule has 1 rings (SSSR count). The van der Waals surface area contributed by atoms with Gasteiger partial charge >= 0.3 is 5.91 Å². The molecule has 0 radical (unpaired) electrons. The number of carbonyl (C=O) groups is 4. The number of non-ortho nitro benzene ring substituents is 1. The third-order valence-corrected chi connectivity index (χ3v) is 3.04. The lowest BCUT2D eigenvalue weighted by Crippen LogP contribution is -2.45. The second-order valence-corrected chi connectivity index (χ2v) is 5.99. The number of hydrogen-bond acceptors (Lipinski definition) is 6. The van der Waals surface area contributed by atoms with Gasteiger partial charge in [0.15, 0.2) is 0 Å². The number of benzene rings is 1. The van der Waals surface area contributed by atoms with Crippen LogP contribution in [-0.4, -0.2) is 28.3 Å². The second kappa shape index (κ2) is 7.44. The Hall–Kier alpha value is -3.10. The van der Waals surface area contributed by atoms with Gasteiger partial charge in [0, 0.05) is 23.1 Å². The molecule has 1 aromatic rings. The summed E-state index contributed by atoms with van der Waals surface area (Å²) in [6.07, 6.45) is -0.567. The molecule has 128 valence electrons. The van der Waals surface area contributed by atoms with Crippen LogP contribution in [0.2, 0.25) is 0 Å². The summed E-state index contributed by atoms with van der Waals surface area (Å²) in [5.74, 6) is -3.25. The molecule has 2 N–H and O–H groups in total. The van der Waals surface area contributed by atoms with Gasteiger partial charge in [0.1, 0.15) is 5.78 Å². The Kier molecular flexibility index (Phi) is 5.88. The molecule has 0 aliphatic rings. The molecule has 0 saturated carbocycles. The van der Waals surface area contributed by atoms with Crippen LogP contribution in [0.25, 0.3) is 0 Å². The first-order valence-electron chi connectivity index (χ1n) is 6.93. The van der Waals surface area contributed by atoms with E-state index in [4.69, 9.17) is 0 Å². The zero-order chi connectivity index (χ0) is 18.5. The monoisotopic (exact) mass is 335 g/mol. The Morgan fingerprint density at radius 1 is 1.04 bits per heavy atom. The Balaban J connectivity index is 2.57. The van der Waals surface area contributed by atoms with Crippen molar-refractivity contribution in [3.8, 4) is 0 Å². The van der Waals surface area contributed by atoms with E-state index in [0.29, 0.717) is 0 Å². The van der Waals surface area contributed by atoms with E-state index in [-0.39, 0.29) is 11.3 Å². The summed E-state index contributed by atoms with van der Waals surface area (Å²) in [7, 11) is 0. The molecule has 9 heteroatoms. The molecule has 0 saturated heterocycles. The van der Waals surface area contributed by atoms with E-state index in [2.05, 4.69) is 0 Å². The fraction of sp³-hybridized carbons (Fsp3) is 0.333. The quantitative estimate of drug-likeness (QED) is 0.355. The fourth-order valence-electron chi connectivity index (χ4n) is 1.48. The van der Waals surface area contributed by atoms with E-state index in [9.17, 15) is 29.3 Å². The van der Waals surface area contributed by atoms with E-state index >= 15 is 0 Å². The van der Waals surface area contributed by atoms with Gasteiger partial charge in [-0.25, -0.2) is 0 Å². The van der Waals surface area contributed by atoms with Crippen LogP contribution in [0.4, 0.5) is 5.69 Å². The second-order valence-electron chi connectivity index (χ2n) is 5.99. The summed E-state index contributed by atoms with van der Waals surface area (Å²) in [6.45, 7) is 4.87. The summed E-state index contributed by atoms with van der Waals surface area (Å²) in [6, 6.07) is 4.66. The Bertz CT molecular complexity index is 688. The van der Waals surface area contributed by atoms with E-state index in [1.165, 1.54) is 12.1 Å². The smallest absolute Gasteiger partial charge is 0.299 e. The Morgan fingerprint density at radius 2 is 1.58 bits per heavy atom. The zero-order valence-corrected chi connectivity index (χ0v) is 13.4. The molecule has 9 nitrogen and oxygen atoms in total. The first kappa shape index (κ1) is 18.9. The van der Waals surface area contributed by atoms with Crippen LogP contribution in [0.15, 0.2) is 24.3 Å². The lowest BCUT2D eigenvalue weighted by molar-refractivity contribution is -0.384. The third kappa shape index (κ3) is 5.27. The lowest BCUT2D eigenvalue weighted by Gasteiger charge is -2.15. The average Bonchev–Trinajstić information content (AvgIpc) is 2.51. The highest BCUT2D eigenvalue weighted by Gasteiger charge is 2.26. The molecule has 24 heavy (non-hydrogen) atoms. The van der Waals surface area contributed by atoms with Crippen LogP contribution in [0.5, 0.6) is 0 Å². The lowest BCUT2D eigenvalue weighted by atomic mass is 9.88. The summed E-state index contributed by atoms with van der Waals surface area (Å²) >= 11 is 0. The number of nitro benzene ring substituents is 1. The number of nitro groups is 1. The number of hydrogen-bond donors (Lipinski definition) is 2. The van der Waals surface area contributed by atoms with Crippen molar-refractivity contribution in [3.63, 3.8) is 0 Å². The summed E-state index contributed by atoms with van der Waals surface area (Å²) in [5.41, 5.74) is 3.01. The van der Waals surface area contributed by atoms with Crippen molar-refractivity contribution in [2.75, 3.05) is 0 Å². The van der Waals surface area contributed by atoms with Crippen molar-refractivity contribution < 1.29 is 24.1 Å². The van der Waals surface area contributed by atoms with Crippen LogP contribution < -0.4 is 10.9 Å². The SMILES string of the molecule is CC(C)(C)C(=O)CC(=O)C(=O)NNC(=O)c1ccc([N+](=O)[O-])cc1. The number of Topliss-reactive ketones (excluding diaryl/α,β-unsaturated/α-hetero) is 2. The number of hydrazine groups is 1. The van der Waals surface area contributed by atoms with Crippen molar-refractivity contribution in [3.05, 3.63) is 39.9 Å². The predicted octanol–water partition coefficient (Wildman–Crippen LogP) is 0.930. The first-order valence-corrected chi connectivity index (χ1v) is 6.93. The van der Waals surface area contributed by atoms with Crippen molar-refractivity contribution in [1.82, 2.24) is 10.9 Å². The molecule has 0 aliphatic carbocycles. The normalized spacial score (nSPS) is 10.6. The van der Waals surface area contributed by atoms with Crippen LogP contribution in [0, 0.1) is 15.5 Å². The predicted molar refractivity (Wildman–Crippen MR) is 82.8 cm³/mol. The van der Waals surface area contributed by atoms with Crippen LogP contribution in [0.1, 0.15) is 37.6 Å². The molecule has 0 heterocycles. The maximum atomic E-state index is 11.8. The van der Waals surface area contributed by atoms with Gasteiger partial charge in [-0.1, -0.05) is 20.8 Å². The minimum Gasteiger partial charge on any atom is -0.299 e. The molecule has 0 spiro atoms. The summed E-state index contributed by atoms with van der Waals surface area (Å²) in [5, 5.41) is 10.5. The molecule has 0 bridgehead atoms. The number of nitrogens with one attached hydrogen (secondary N) is 2. The minimum atomic E-state index is -1.12. The number of rotatable bonds is 5. The van der Waals surface area contributed by atoms with Crippen molar-refractivity contribution in [2.45, 2.75) is 27.2 Å².